The maximum absolute atomic E-state index is 12.6. The van der Waals surface area contributed by atoms with Crippen LogP contribution in [0.2, 0.25) is 0 Å². The van der Waals surface area contributed by atoms with Crippen molar-refractivity contribution < 1.29 is 18.7 Å². The Balaban J connectivity index is 2.66. The van der Waals surface area contributed by atoms with Crippen molar-refractivity contribution in [2.75, 3.05) is 6.54 Å². The van der Waals surface area contributed by atoms with Crippen LogP contribution in [-0.2, 0) is 0 Å². The molecule has 2 N–H and O–H groups in total. The molecular formula is C10H18F2N2O2. The van der Waals surface area contributed by atoms with E-state index in [0.717, 1.165) is 4.90 Å². The van der Waals surface area contributed by atoms with Crippen molar-refractivity contribution in [1.82, 2.24) is 10.2 Å². The number of carboxylic acid groups (broad SMARTS) is 1. The quantitative estimate of drug-likeness (QED) is 0.768. The van der Waals surface area contributed by atoms with Crippen molar-refractivity contribution in [3.05, 3.63) is 0 Å². The monoisotopic (exact) mass is 236 g/mol. The maximum atomic E-state index is 12.6. The van der Waals surface area contributed by atoms with Crippen LogP contribution < -0.4 is 5.32 Å². The van der Waals surface area contributed by atoms with Crippen molar-refractivity contribution in [2.45, 2.75) is 51.2 Å². The summed E-state index contributed by atoms with van der Waals surface area (Å²) < 4.78 is 25.2. The Morgan fingerprint density at radius 3 is 2.38 bits per heavy atom. The summed E-state index contributed by atoms with van der Waals surface area (Å²) in [5.74, 6) is 0. The number of carbonyl (C=O) groups is 1. The number of amides is 1. The second-order valence-electron chi connectivity index (χ2n) is 5.16. The van der Waals surface area contributed by atoms with Crippen LogP contribution in [0.3, 0.4) is 0 Å². The normalized spacial score (nSPS) is 26.5. The highest BCUT2D eigenvalue weighted by Crippen LogP contribution is 2.24. The fourth-order valence-electron chi connectivity index (χ4n) is 2.04. The van der Waals surface area contributed by atoms with Crippen LogP contribution >= 0.6 is 0 Å². The van der Waals surface area contributed by atoms with Crippen LogP contribution in [0, 0.1) is 0 Å². The van der Waals surface area contributed by atoms with Gasteiger partial charge in [0.15, 0.2) is 0 Å². The standard InChI is InChI=1S/C10H18F2N2O2/c1-10(2,3)13-6-4-7(8(11)12)14(5-6)9(15)16/h6-8,13H,4-5H2,1-3H3,(H,15,16)/t6-,7+/m1/s1. The number of hydrogen-bond donors (Lipinski definition) is 2. The lowest BCUT2D eigenvalue weighted by atomic mass is 10.1. The summed E-state index contributed by atoms with van der Waals surface area (Å²) in [4.78, 5) is 11.6. The van der Waals surface area contributed by atoms with E-state index in [1.54, 1.807) is 0 Å². The van der Waals surface area contributed by atoms with Gasteiger partial charge >= 0.3 is 6.09 Å². The van der Waals surface area contributed by atoms with E-state index >= 15 is 0 Å². The lowest BCUT2D eigenvalue weighted by molar-refractivity contribution is 0.0470. The maximum Gasteiger partial charge on any atom is 0.407 e. The molecule has 0 bridgehead atoms. The zero-order valence-corrected chi connectivity index (χ0v) is 9.70. The molecule has 1 saturated heterocycles. The topological polar surface area (TPSA) is 52.6 Å². The molecule has 1 aliphatic rings. The number of likely N-dealkylation sites (tertiary alicyclic amines) is 1. The molecule has 0 radical (unpaired) electrons. The lowest BCUT2D eigenvalue weighted by Crippen LogP contribution is -2.45. The largest absolute Gasteiger partial charge is 0.465 e. The number of rotatable bonds is 2. The predicted molar refractivity (Wildman–Crippen MR) is 55.8 cm³/mol. The van der Waals surface area contributed by atoms with Gasteiger partial charge in [0, 0.05) is 18.1 Å². The average Bonchev–Trinajstić information content (AvgIpc) is 2.44. The van der Waals surface area contributed by atoms with Gasteiger partial charge in [0.1, 0.15) is 0 Å². The molecule has 1 heterocycles. The van der Waals surface area contributed by atoms with Crippen LogP contribution in [0.4, 0.5) is 13.6 Å². The third-order valence-corrected chi connectivity index (χ3v) is 2.52. The molecule has 6 heteroatoms. The van der Waals surface area contributed by atoms with Gasteiger partial charge in [0.25, 0.3) is 6.43 Å². The van der Waals surface area contributed by atoms with Gasteiger partial charge in [-0.3, -0.25) is 4.90 Å². The number of alkyl halides is 2. The summed E-state index contributed by atoms with van der Waals surface area (Å²) >= 11 is 0. The zero-order chi connectivity index (χ0) is 12.5. The Kier molecular flexibility index (Phi) is 3.72. The summed E-state index contributed by atoms with van der Waals surface area (Å²) in [5.41, 5.74) is -0.203. The minimum absolute atomic E-state index is 0.127. The van der Waals surface area contributed by atoms with E-state index in [-0.39, 0.29) is 24.5 Å². The third kappa shape index (κ3) is 3.30. The fourth-order valence-corrected chi connectivity index (χ4v) is 2.04. The van der Waals surface area contributed by atoms with Crippen LogP contribution in [0.15, 0.2) is 0 Å². The molecule has 1 aliphatic heterocycles. The molecule has 94 valence electrons. The van der Waals surface area contributed by atoms with Gasteiger partial charge in [0.2, 0.25) is 0 Å². The highest BCUT2D eigenvalue weighted by atomic mass is 19.3. The van der Waals surface area contributed by atoms with Crippen LogP contribution in [0.5, 0.6) is 0 Å². The van der Waals surface area contributed by atoms with Crippen LogP contribution in [0.25, 0.3) is 0 Å². The first-order valence-electron chi connectivity index (χ1n) is 5.26. The van der Waals surface area contributed by atoms with Crippen LogP contribution in [-0.4, -0.2) is 46.7 Å². The number of nitrogens with zero attached hydrogens (tertiary/aromatic N) is 1. The van der Waals surface area contributed by atoms with Crippen molar-refractivity contribution in [2.24, 2.45) is 0 Å². The first-order chi connectivity index (χ1) is 7.20. The molecule has 2 atom stereocenters. The number of hydrogen-bond acceptors (Lipinski definition) is 2. The molecule has 0 unspecified atom stereocenters. The summed E-state index contributed by atoms with van der Waals surface area (Å²) in [6, 6.07) is -1.38. The molecule has 0 aromatic rings. The van der Waals surface area contributed by atoms with Crippen LogP contribution in [0.1, 0.15) is 27.2 Å². The minimum atomic E-state index is -2.62. The first-order valence-corrected chi connectivity index (χ1v) is 5.26. The molecule has 0 saturated carbocycles. The Morgan fingerprint density at radius 2 is 2.06 bits per heavy atom. The molecule has 1 rings (SSSR count). The molecule has 0 spiro atoms. The highest BCUT2D eigenvalue weighted by Gasteiger charge is 2.41. The summed E-state index contributed by atoms with van der Waals surface area (Å²) in [7, 11) is 0. The summed E-state index contributed by atoms with van der Waals surface area (Å²) in [5, 5.41) is 12.0. The molecular weight excluding hydrogens is 218 g/mol. The molecule has 1 amide bonds. The van der Waals surface area contributed by atoms with Crippen molar-refractivity contribution in [3.63, 3.8) is 0 Å². The zero-order valence-electron chi connectivity index (χ0n) is 9.70. The van der Waals surface area contributed by atoms with Crippen molar-refractivity contribution in [1.29, 1.82) is 0 Å². The first kappa shape index (κ1) is 13.2. The molecule has 0 aromatic heterocycles. The molecule has 0 aliphatic carbocycles. The van der Waals surface area contributed by atoms with E-state index in [2.05, 4.69) is 5.32 Å². The fraction of sp³-hybridized carbons (Fsp3) is 0.900. The van der Waals surface area contributed by atoms with E-state index in [1.165, 1.54) is 0 Å². The Hall–Kier alpha value is -0.910. The second kappa shape index (κ2) is 4.53. The number of nitrogens with one attached hydrogen (secondary N) is 1. The Bertz CT molecular complexity index is 266. The van der Waals surface area contributed by atoms with Crippen molar-refractivity contribution in [3.8, 4) is 0 Å². The highest BCUT2D eigenvalue weighted by molar-refractivity contribution is 5.66. The van der Waals surface area contributed by atoms with E-state index < -0.39 is 18.6 Å². The lowest BCUT2D eigenvalue weighted by Gasteiger charge is -2.25. The predicted octanol–water partition coefficient (Wildman–Crippen LogP) is 1.76. The van der Waals surface area contributed by atoms with E-state index in [0.29, 0.717) is 0 Å². The second-order valence-corrected chi connectivity index (χ2v) is 5.16. The van der Waals surface area contributed by atoms with E-state index in [4.69, 9.17) is 5.11 Å². The minimum Gasteiger partial charge on any atom is -0.465 e. The molecule has 0 aromatic carbocycles. The van der Waals surface area contributed by atoms with Crippen molar-refractivity contribution >= 4 is 6.09 Å². The molecule has 16 heavy (non-hydrogen) atoms. The Morgan fingerprint density at radius 1 is 1.50 bits per heavy atom. The van der Waals surface area contributed by atoms with E-state index in [9.17, 15) is 13.6 Å². The molecule has 1 fully saturated rings. The Labute approximate surface area is 93.6 Å². The SMILES string of the molecule is CC(C)(C)N[C@@H]1C[C@@H](C(F)F)N(C(=O)O)C1. The number of halogens is 2. The van der Waals surface area contributed by atoms with Gasteiger partial charge in [0.05, 0.1) is 6.04 Å². The van der Waals surface area contributed by atoms with Gasteiger partial charge < -0.3 is 10.4 Å². The smallest absolute Gasteiger partial charge is 0.407 e. The third-order valence-electron chi connectivity index (χ3n) is 2.52. The van der Waals surface area contributed by atoms with Gasteiger partial charge in [-0.1, -0.05) is 0 Å². The van der Waals surface area contributed by atoms with Gasteiger partial charge in [-0.15, -0.1) is 0 Å². The molecule has 4 nitrogen and oxygen atoms in total. The van der Waals surface area contributed by atoms with E-state index in [1.807, 2.05) is 20.8 Å². The average molecular weight is 236 g/mol. The van der Waals surface area contributed by atoms with Gasteiger partial charge in [-0.25, -0.2) is 13.6 Å². The summed E-state index contributed by atoms with van der Waals surface area (Å²) in [6.45, 7) is 5.90. The summed E-state index contributed by atoms with van der Waals surface area (Å²) in [6.07, 6.45) is -3.73. The van der Waals surface area contributed by atoms with Gasteiger partial charge in [-0.2, -0.15) is 0 Å². The van der Waals surface area contributed by atoms with Gasteiger partial charge in [-0.05, 0) is 27.2 Å².